The fourth-order valence-corrected chi connectivity index (χ4v) is 3.47. The van der Waals surface area contributed by atoms with E-state index in [0.29, 0.717) is 18.2 Å². The van der Waals surface area contributed by atoms with Crippen LogP contribution in [0.25, 0.3) is 5.82 Å². The number of rotatable bonds is 4. The number of nitrogens with one attached hydrogen (secondary N) is 1. The van der Waals surface area contributed by atoms with Crippen LogP contribution in [-0.4, -0.2) is 48.9 Å². The molecule has 0 unspecified atom stereocenters. The molecule has 0 spiro atoms. The molecular formula is C16H18N8OS. The molecule has 9 nitrogen and oxygen atoms in total. The minimum absolute atomic E-state index is 0.0368. The summed E-state index contributed by atoms with van der Waals surface area (Å²) in [7, 11) is 0. The minimum Gasteiger partial charge on any atom is -0.355 e. The Hall–Kier alpha value is -2.88. The minimum atomic E-state index is -0.0914. The van der Waals surface area contributed by atoms with Gasteiger partial charge in [-0.15, -0.1) is 10.2 Å². The molecule has 1 fully saturated rings. The lowest BCUT2D eigenvalue weighted by molar-refractivity contribution is -0.120. The molecule has 4 heterocycles. The van der Waals surface area contributed by atoms with Gasteiger partial charge in [0.15, 0.2) is 5.82 Å². The number of carbonyl (C=O) groups is 1. The highest BCUT2D eigenvalue weighted by Gasteiger charge is 2.34. The van der Waals surface area contributed by atoms with E-state index in [-0.39, 0.29) is 11.8 Å². The quantitative estimate of drug-likeness (QED) is 0.743. The summed E-state index contributed by atoms with van der Waals surface area (Å²) in [4.78, 5) is 23.0. The van der Waals surface area contributed by atoms with Crippen LogP contribution in [-0.2, 0) is 4.79 Å². The van der Waals surface area contributed by atoms with Crippen molar-refractivity contribution in [3.05, 3.63) is 34.9 Å². The molecule has 0 saturated carbocycles. The van der Waals surface area contributed by atoms with E-state index in [2.05, 4.69) is 30.6 Å². The van der Waals surface area contributed by atoms with E-state index in [1.807, 2.05) is 37.8 Å². The molecule has 1 N–H and O–H groups in total. The highest BCUT2D eigenvalue weighted by atomic mass is 32.1. The van der Waals surface area contributed by atoms with Gasteiger partial charge in [-0.05, 0) is 26.8 Å². The van der Waals surface area contributed by atoms with Gasteiger partial charge < -0.3 is 10.2 Å². The molecule has 0 aliphatic carbocycles. The Morgan fingerprint density at radius 1 is 1.15 bits per heavy atom. The van der Waals surface area contributed by atoms with Crippen molar-refractivity contribution in [3.63, 3.8) is 0 Å². The van der Waals surface area contributed by atoms with Gasteiger partial charge in [0.05, 0.1) is 11.6 Å². The molecule has 10 heteroatoms. The number of anilines is 2. The molecule has 3 aromatic heterocycles. The summed E-state index contributed by atoms with van der Waals surface area (Å²) in [5, 5.41) is 16.5. The smallest absolute Gasteiger partial charge is 0.232 e. The lowest BCUT2D eigenvalue weighted by Gasteiger charge is -2.38. The highest BCUT2D eigenvalue weighted by Crippen LogP contribution is 2.25. The molecule has 0 radical (unpaired) electrons. The molecular weight excluding hydrogens is 352 g/mol. The maximum atomic E-state index is 12.3. The van der Waals surface area contributed by atoms with Crippen LogP contribution >= 0.6 is 11.3 Å². The van der Waals surface area contributed by atoms with E-state index in [4.69, 9.17) is 0 Å². The fourth-order valence-electron chi connectivity index (χ4n) is 2.87. The molecule has 1 aliphatic heterocycles. The monoisotopic (exact) mass is 370 g/mol. The topological polar surface area (TPSA) is 102 Å². The molecule has 0 bridgehead atoms. The van der Waals surface area contributed by atoms with Gasteiger partial charge in [0, 0.05) is 24.8 Å². The lowest BCUT2D eigenvalue weighted by Crippen LogP contribution is -2.52. The summed E-state index contributed by atoms with van der Waals surface area (Å²) in [5.41, 5.74) is 1.95. The second kappa shape index (κ2) is 6.45. The number of carbonyl (C=O) groups excluding carboxylic acids is 1. The summed E-state index contributed by atoms with van der Waals surface area (Å²) in [5.74, 6) is 1.38. The summed E-state index contributed by atoms with van der Waals surface area (Å²) in [6.45, 7) is 7.01. The zero-order valence-corrected chi connectivity index (χ0v) is 15.5. The number of hydrogen-bond donors (Lipinski definition) is 1. The Balaban J connectivity index is 1.42. The Kier molecular flexibility index (Phi) is 4.11. The molecule has 134 valence electrons. The van der Waals surface area contributed by atoms with Crippen LogP contribution in [0.5, 0.6) is 0 Å². The first-order valence-electron chi connectivity index (χ1n) is 8.21. The third-order valence-corrected chi connectivity index (χ3v) is 4.95. The SMILES string of the molecule is Cc1cc(C)n(-c2cc(N3CC(C(=O)Nc4nnc(C)s4)C3)ncn2)n1. The van der Waals surface area contributed by atoms with E-state index in [1.54, 1.807) is 4.68 Å². The lowest BCUT2D eigenvalue weighted by atomic mass is 9.99. The zero-order valence-electron chi connectivity index (χ0n) is 14.7. The molecule has 26 heavy (non-hydrogen) atoms. The summed E-state index contributed by atoms with van der Waals surface area (Å²) in [6.07, 6.45) is 1.53. The average molecular weight is 370 g/mol. The van der Waals surface area contributed by atoms with Crippen molar-refractivity contribution in [3.8, 4) is 5.82 Å². The average Bonchev–Trinajstić information content (AvgIpc) is 3.11. The largest absolute Gasteiger partial charge is 0.355 e. The Labute approximate surface area is 154 Å². The predicted octanol–water partition coefficient (Wildman–Crippen LogP) is 1.51. The van der Waals surface area contributed by atoms with Crippen LogP contribution in [0.2, 0.25) is 0 Å². The van der Waals surface area contributed by atoms with Gasteiger partial charge in [-0.2, -0.15) is 5.10 Å². The fraction of sp³-hybridized carbons (Fsp3) is 0.375. The van der Waals surface area contributed by atoms with E-state index in [1.165, 1.54) is 17.7 Å². The van der Waals surface area contributed by atoms with Crippen LogP contribution in [0.15, 0.2) is 18.5 Å². The number of nitrogens with zero attached hydrogens (tertiary/aromatic N) is 7. The van der Waals surface area contributed by atoms with Gasteiger partial charge in [-0.1, -0.05) is 11.3 Å². The number of aromatic nitrogens is 6. The van der Waals surface area contributed by atoms with Crippen LogP contribution in [0.1, 0.15) is 16.4 Å². The van der Waals surface area contributed by atoms with Crippen LogP contribution in [0.3, 0.4) is 0 Å². The predicted molar refractivity (Wildman–Crippen MR) is 97.6 cm³/mol. The van der Waals surface area contributed by atoms with Gasteiger partial charge in [0.2, 0.25) is 11.0 Å². The van der Waals surface area contributed by atoms with Gasteiger partial charge in [0.25, 0.3) is 0 Å². The van der Waals surface area contributed by atoms with Gasteiger partial charge in [0.1, 0.15) is 17.2 Å². The van der Waals surface area contributed by atoms with Crippen molar-refractivity contribution >= 4 is 28.2 Å². The molecule has 3 aromatic rings. The maximum absolute atomic E-state index is 12.3. The van der Waals surface area contributed by atoms with Crippen LogP contribution in [0, 0.1) is 26.7 Å². The summed E-state index contributed by atoms with van der Waals surface area (Å²) in [6, 6.07) is 3.89. The zero-order chi connectivity index (χ0) is 18.3. The van der Waals surface area contributed by atoms with Crippen LogP contribution < -0.4 is 10.2 Å². The third kappa shape index (κ3) is 3.15. The van der Waals surface area contributed by atoms with E-state index < -0.39 is 0 Å². The second-order valence-corrected chi connectivity index (χ2v) is 7.47. The van der Waals surface area contributed by atoms with Crippen molar-refractivity contribution in [1.82, 2.24) is 29.9 Å². The first-order valence-corrected chi connectivity index (χ1v) is 9.03. The van der Waals surface area contributed by atoms with Gasteiger partial charge in [-0.3, -0.25) is 4.79 Å². The summed E-state index contributed by atoms with van der Waals surface area (Å²) >= 11 is 1.37. The van der Waals surface area contributed by atoms with Crippen molar-refractivity contribution in [1.29, 1.82) is 0 Å². The van der Waals surface area contributed by atoms with Gasteiger partial charge in [-0.25, -0.2) is 14.6 Å². The van der Waals surface area contributed by atoms with Crippen molar-refractivity contribution in [2.75, 3.05) is 23.3 Å². The van der Waals surface area contributed by atoms with Crippen molar-refractivity contribution < 1.29 is 4.79 Å². The van der Waals surface area contributed by atoms with E-state index in [0.717, 1.165) is 28.0 Å². The Morgan fingerprint density at radius 3 is 2.58 bits per heavy atom. The third-order valence-electron chi connectivity index (χ3n) is 4.20. The van der Waals surface area contributed by atoms with Crippen molar-refractivity contribution in [2.45, 2.75) is 20.8 Å². The molecule has 1 saturated heterocycles. The molecule has 1 amide bonds. The number of aryl methyl sites for hydroxylation is 3. The number of hydrogen-bond acceptors (Lipinski definition) is 8. The normalized spacial score (nSPS) is 14.3. The van der Waals surface area contributed by atoms with E-state index in [9.17, 15) is 4.79 Å². The second-order valence-electron chi connectivity index (χ2n) is 6.29. The molecule has 1 aliphatic rings. The van der Waals surface area contributed by atoms with Crippen molar-refractivity contribution in [2.24, 2.45) is 5.92 Å². The first kappa shape index (κ1) is 16.6. The Bertz CT molecular complexity index is 959. The molecule has 4 rings (SSSR count). The van der Waals surface area contributed by atoms with Crippen LogP contribution in [0.4, 0.5) is 10.9 Å². The maximum Gasteiger partial charge on any atom is 0.232 e. The summed E-state index contributed by atoms with van der Waals surface area (Å²) < 4.78 is 1.79. The Morgan fingerprint density at radius 2 is 1.92 bits per heavy atom. The molecule has 0 aromatic carbocycles. The first-order chi connectivity index (χ1) is 12.5. The number of amides is 1. The standard InChI is InChI=1S/C16H18N8OS/c1-9-4-10(2)24(22-9)14-5-13(17-8-18-14)23-6-12(7-23)15(25)19-16-21-20-11(3)26-16/h4-5,8,12H,6-7H2,1-3H3,(H,19,21,25). The highest BCUT2D eigenvalue weighted by molar-refractivity contribution is 7.15. The molecule has 0 atom stereocenters. The van der Waals surface area contributed by atoms with E-state index >= 15 is 0 Å². The van der Waals surface area contributed by atoms with Gasteiger partial charge >= 0.3 is 0 Å².